The van der Waals surface area contributed by atoms with Crippen LogP contribution >= 0.6 is 0 Å². The molecular weight excluding hydrogens is 729 g/mol. The average Bonchev–Trinajstić information content (AvgIpc) is 3.51. The topological polar surface area (TPSA) is 216 Å². The number of aliphatic hydroxyl groups excluding tert-OH is 1. The normalized spacial score (nSPS) is 29.0. The minimum absolute atomic E-state index is 0.0252. The van der Waals surface area contributed by atoms with E-state index in [2.05, 4.69) is 44.7 Å². The molecule has 57 heavy (non-hydrogen) atoms. The number of benzene rings is 1. The SMILES string of the molecule is Cc1cc(=O)c2c(O)c3c(cc2o1)OC(C)(C)[C@@H]1OC(=O)[C@]2(O[C@@H]2CCC2=CC(C4=CC(Cn5cc6cc[nH]c6c5)NC(N)=C4)NC(N)=C2)[C@H](CCCO)CC[C@H]31. The Morgan fingerprint density at radius 3 is 2.67 bits per heavy atom. The van der Waals surface area contributed by atoms with Gasteiger partial charge in [-0.15, -0.1) is 0 Å². The van der Waals surface area contributed by atoms with Crippen molar-refractivity contribution in [1.29, 1.82) is 0 Å². The number of nitrogens with one attached hydrogen (secondary N) is 3. The summed E-state index contributed by atoms with van der Waals surface area (Å²) in [5.74, 6) is 0.533. The number of fused-ring (bicyclic) bond motifs is 5. The number of nitrogens with two attached hydrogens (primary N) is 2. The van der Waals surface area contributed by atoms with Gasteiger partial charge in [0.1, 0.15) is 39.9 Å². The van der Waals surface area contributed by atoms with Crippen LogP contribution in [0.3, 0.4) is 0 Å². The number of H-pyrrole nitrogens is 1. The molecule has 0 amide bonds. The van der Waals surface area contributed by atoms with Crippen molar-refractivity contribution in [1.82, 2.24) is 20.2 Å². The van der Waals surface area contributed by atoms with Crippen LogP contribution in [0.1, 0.15) is 69.6 Å². The van der Waals surface area contributed by atoms with E-state index >= 15 is 0 Å². The van der Waals surface area contributed by atoms with E-state index in [4.69, 9.17) is 30.1 Å². The zero-order valence-electron chi connectivity index (χ0n) is 32.3. The molecule has 1 aromatic carbocycles. The summed E-state index contributed by atoms with van der Waals surface area (Å²) in [6.45, 7) is 6.06. The van der Waals surface area contributed by atoms with Crippen LogP contribution in [-0.4, -0.2) is 67.8 Å². The molecule has 9 N–H and O–H groups in total. The molecule has 0 radical (unpaired) electrons. The first-order valence-electron chi connectivity index (χ1n) is 19.8. The van der Waals surface area contributed by atoms with Gasteiger partial charge >= 0.3 is 5.97 Å². The highest BCUT2D eigenvalue weighted by molar-refractivity contribution is 5.88. The van der Waals surface area contributed by atoms with Crippen LogP contribution in [0.25, 0.3) is 21.9 Å². The number of hydrogen-bond donors (Lipinski definition) is 7. The van der Waals surface area contributed by atoms with Gasteiger partial charge in [-0.3, -0.25) is 4.79 Å². The minimum atomic E-state index is -1.19. The Kier molecular flexibility index (Phi) is 8.96. The number of aliphatic hydroxyl groups is 1. The van der Waals surface area contributed by atoms with E-state index in [0.29, 0.717) is 73.8 Å². The number of epoxide rings is 1. The molecule has 5 aliphatic heterocycles. The predicted octanol–water partition coefficient (Wildman–Crippen LogP) is 4.45. The summed E-state index contributed by atoms with van der Waals surface area (Å²) in [5.41, 5.74) is 14.1. The van der Waals surface area contributed by atoms with Gasteiger partial charge in [0.25, 0.3) is 0 Å². The third-order valence-electron chi connectivity index (χ3n) is 12.4. The van der Waals surface area contributed by atoms with Crippen LogP contribution in [0.5, 0.6) is 11.5 Å². The number of aromatic nitrogens is 2. The Hall–Kier alpha value is -5.60. The third kappa shape index (κ3) is 6.54. The number of hydrogen-bond acceptors (Lipinski definition) is 12. The molecule has 3 aromatic heterocycles. The van der Waals surface area contributed by atoms with E-state index < -0.39 is 35.3 Å². The van der Waals surface area contributed by atoms with Crippen LogP contribution in [0.4, 0.5) is 0 Å². The second kappa shape index (κ2) is 13.8. The monoisotopic (exact) mass is 778 g/mol. The van der Waals surface area contributed by atoms with Gasteiger partial charge in [0.15, 0.2) is 11.0 Å². The molecule has 2 unspecified atom stereocenters. The summed E-state index contributed by atoms with van der Waals surface area (Å²) in [6, 6.07) is 4.81. The molecule has 1 spiro atoms. The van der Waals surface area contributed by atoms with Crippen molar-refractivity contribution in [3.05, 3.63) is 105 Å². The average molecular weight is 779 g/mol. The lowest BCUT2D eigenvalue weighted by Gasteiger charge is -2.46. The number of esters is 1. The largest absolute Gasteiger partial charge is 0.507 e. The number of rotatable bonds is 9. The Labute approximate surface area is 329 Å². The van der Waals surface area contributed by atoms with Crippen molar-refractivity contribution < 1.29 is 33.6 Å². The summed E-state index contributed by atoms with van der Waals surface area (Å²) < 4.78 is 27.3. The van der Waals surface area contributed by atoms with Crippen molar-refractivity contribution in [3.63, 3.8) is 0 Å². The summed E-state index contributed by atoms with van der Waals surface area (Å²) in [7, 11) is 0. The number of aryl methyl sites for hydroxylation is 1. The fourth-order valence-corrected chi connectivity index (χ4v) is 9.77. The molecule has 4 aromatic rings. The van der Waals surface area contributed by atoms with Crippen LogP contribution in [0, 0.1) is 12.8 Å². The molecule has 5 aliphatic rings. The number of phenolic OH excluding ortho intramolecular Hbond substituents is 1. The summed E-state index contributed by atoms with van der Waals surface area (Å²) in [4.78, 5) is 30.8. The van der Waals surface area contributed by atoms with Crippen molar-refractivity contribution in [2.45, 2.75) is 107 Å². The summed E-state index contributed by atoms with van der Waals surface area (Å²) in [5, 5.41) is 29.5. The summed E-state index contributed by atoms with van der Waals surface area (Å²) in [6.07, 6.45) is 16.4. The Morgan fingerprint density at radius 1 is 1.04 bits per heavy atom. The second-order valence-corrected chi connectivity index (χ2v) is 16.7. The van der Waals surface area contributed by atoms with Gasteiger partial charge in [-0.1, -0.05) is 12.2 Å². The zero-order valence-corrected chi connectivity index (χ0v) is 32.3. The zero-order chi connectivity index (χ0) is 39.8. The van der Waals surface area contributed by atoms with Crippen molar-refractivity contribution in [3.8, 4) is 11.5 Å². The highest BCUT2D eigenvalue weighted by atomic mass is 16.7. The molecule has 2 saturated heterocycles. The molecule has 0 aliphatic carbocycles. The number of allylic oxidation sites excluding steroid dienone is 2. The first-order chi connectivity index (χ1) is 27.3. The van der Waals surface area contributed by atoms with E-state index in [1.807, 2.05) is 38.3 Å². The lowest BCUT2D eigenvalue weighted by Crippen LogP contribution is -2.54. The van der Waals surface area contributed by atoms with Crippen LogP contribution in [-0.2, 0) is 20.8 Å². The molecule has 7 atom stereocenters. The number of ether oxygens (including phenoxy) is 3. The van der Waals surface area contributed by atoms with Gasteiger partial charge in [0.05, 0.1) is 35.3 Å². The molecule has 14 nitrogen and oxygen atoms in total. The number of aromatic amines is 1. The van der Waals surface area contributed by atoms with E-state index in [1.54, 1.807) is 13.0 Å². The Balaban J connectivity index is 0.944. The Morgan fingerprint density at radius 2 is 1.86 bits per heavy atom. The van der Waals surface area contributed by atoms with Gasteiger partial charge in [0.2, 0.25) is 0 Å². The number of carbonyl (C=O) groups excluding carboxylic acids is 1. The maximum atomic E-state index is 14.5. The van der Waals surface area contributed by atoms with Gasteiger partial charge in [-0.05, 0) is 88.7 Å². The highest BCUT2D eigenvalue weighted by Gasteiger charge is 2.69. The number of dihydropyridines is 2. The molecule has 0 saturated carbocycles. The molecule has 2 fully saturated rings. The van der Waals surface area contributed by atoms with Gasteiger partial charge < -0.3 is 60.5 Å². The first-order valence-corrected chi connectivity index (χ1v) is 19.8. The molecule has 8 heterocycles. The van der Waals surface area contributed by atoms with E-state index in [-0.39, 0.29) is 46.8 Å². The first kappa shape index (κ1) is 37.0. The van der Waals surface area contributed by atoms with E-state index in [0.717, 1.165) is 22.0 Å². The van der Waals surface area contributed by atoms with Gasteiger partial charge in [-0.2, -0.15) is 0 Å². The Bertz CT molecular complexity index is 2420. The van der Waals surface area contributed by atoms with Crippen molar-refractivity contribution in [2.75, 3.05) is 6.61 Å². The quantitative estimate of drug-likeness (QED) is 0.0927. The fraction of sp³-hybridized carbons (Fsp3) is 0.442. The van der Waals surface area contributed by atoms with Crippen LogP contribution in [0.15, 0.2) is 93.1 Å². The summed E-state index contributed by atoms with van der Waals surface area (Å²) >= 11 is 0. The third-order valence-corrected chi connectivity index (χ3v) is 12.4. The maximum absolute atomic E-state index is 14.5. The minimum Gasteiger partial charge on any atom is -0.507 e. The van der Waals surface area contributed by atoms with Crippen molar-refractivity contribution in [2.24, 2.45) is 17.4 Å². The number of aromatic hydroxyl groups is 1. The van der Waals surface area contributed by atoms with Crippen LogP contribution in [0.2, 0.25) is 0 Å². The predicted molar refractivity (Wildman–Crippen MR) is 213 cm³/mol. The molecule has 0 bridgehead atoms. The molecule has 14 heteroatoms. The van der Waals surface area contributed by atoms with E-state index in [1.165, 1.54) is 6.07 Å². The second-order valence-electron chi connectivity index (χ2n) is 16.7. The molecule has 9 rings (SSSR count). The lowest BCUT2D eigenvalue weighted by molar-refractivity contribution is -0.176. The van der Waals surface area contributed by atoms with Gasteiger partial charge in [-0.25, -0.2) is 4.79 Å². The molecular formula is C43H50N6O8. The van der Waals surface area contributed by atoms with Crippen LogP contribution < -0.4 is 32.3 Å². The maximum Gasteiger partial charge on any atom is 0.341 e. The number of nitrogens with zero attached hydrogens (tertiary/aromatic N) is 1. The lowest BCUT2D eigenvalue weighted by atomic mass is 9.72. The van der Waals surface area contributed by atoms with Gasteiger partial charge in [0, 0.05) is 66.7 Å². The van der Waals surface area contributed by atoms with E-state index in [9.17, 15) is 19.8 Å². The smallest absolute Gasteiger partial charge is 0.341 e. The standard InChI is InChI=1S/C43H50N6O8/c1-22-13-31(51)38-32(54-22)18-33-37(39(38)52)28-8-7-26(5-4-12-50)43(41(53)55-40(28)42(2,3)56-33)34(57-43)9-6-23-14-29(48-35(44)15-23)25-16-27(47-36(45)17-25)20-49-19-24-10-11-46-30(24)21-49/h10-11,13-19,21,26-29,34,40,46-48,50,52H,4-9,12,20,44-45H2,1-3H3/t26-,27?,28-,29?,34-,40-,43+/m1/s1. The fourth-order valence-electron chi connectivity index (χ4n) is 9.77. The number of phenols is 1. The highest BCUT2D eigenvalue weighted by Crippen LogP contribution is 2.57. The van der Waals surface area contributed by atoms with Crippen molar-refractivity contribution >= 4 is 27.8 Å². The molecule has 300 valence electrons. The number of carbonyl (C=O) groups is 1.